The summed E-state index contributed by atoms with van der Waals surface area (Å²) in [6.45, 7) is 5.03. The van der Waals surface area contributed by atoms with Gasteiger partial charge in [0.2, 0.25) is 0 Å². The normalized spacial score (nSPS) is 18.6. The van der Waals surface area contributed by atoms with E-state index in [0.29, 0.717) is 44.1 Å². The lowest BCUT2D eigenvalue weighted by Gasteiger charge is -2.36. The highest BCUT2D eigenvalue weighted by Gasteiger charge is 2.33. The molecule has 3 heterocycles. The summed E-state index contributed by atoms with van der Waals surface area (Å²) in [5, 5.41) is 4.38. The Morgan fingerprint density at radius 3 is 2.42 bits per heavy atom. The maximum Gasteiger partial charge on any atom is 0.285 e. The number of aromatic nitrogens is 2. The highest BCUT2D eigenvalue weighted by molar-refractivity contribution is 7.90. The molecule has 26 heavy (non-hydrogen) atoms. The van der Waals surface area contributed by atoms with Crippen molar-refractivity contribution in [2.24, 2.45) is 4.40 Å². The van der Waals surface area contributed by atoms with Crippen molar-refractivity contribution in [3.05, 3.63) is 52.3 Å². The average Bonchev–Trinajstić information content (AvgIpc) is 2.94. The summed E-state index contributed by atoms with van der Waals surface area (Å²) >= 11 is 0. The van der Waals surface area contributed by atoms with E-state index in [0.717, 1.165) is 5.82 Å². The Labute approximate surface area is 151 Å². The SMILES string of the molecule is CCn1nc(N2CCN(C3=NS(=O)(=O)c4ccccc43)CC2)ccc1=O. The minimum Gasteiger partial charge on any atom is -0.352 e. The molecular weight excluding hydrogens is 354 g/mol. The highest BCUT2D eigenvalue weighted by atomic mass is 32.2. The van der Waals surface area contributed by atoms with Crippen molar-refractivity contribution >= 4 is 21.7 Å². The van der Waals surface area contributed by atoms with Gasteiger partial charge < -0.3 is 9.80 Å². The average molecular weight is 373 g/mol. The molecule has 0 saturated carbocycles. The number of amidine groups is 1. The minimum absolute atomic E-state index is 0.114. The molecule has 2 aliphatic rings. The van der Waals surface area contributed by atoms with E-state index in [4.69, 9.17) is 0 Å². The van der Waals surface area contributed by atoms with Crippen LogP contribution in [0, 0.1) is 0 Å². The van der Waals surface area contributed by atoms with Crippen LogP contribution < -0.4 is 10.5 Å². The Balaban J connectivity index is 1.54. The van der Waals surface area contributed by atoms with Crippen LogP contribution in [0.25, 0.3) is 0 Å². The van der Waals surface area contributed by atoms with Crippen LogP contribution in [0.3, 0.4) is 0 Å². The maximum absolute atomic E-state index is 12.2. The van der Waals surface area contributed by atoms with Crippen molar-refractivity contribution in [2.75, 3.05) is 31.1 Å². The summed E-state index contributed by atoms with van der Waals surface area (Å²) in [4.78, 5) is 16.1. The summed E-state index contributed by atoms with van der Waals surface area (Å²) in [5.41, 5.74) is 0.551. The first-order valence-electron chi connectivity index (χ1n) is 8.52. The van der Waals surface area contributed by atoms with E-state index in [1.807, 2.05) is 17.9 Å². The summed E-state index contributed by atoms with van der Waals surface area (Å²) in [6.07, 6.45) is 0. The molecule has 2 aliphatic heterocycles. The van der Waals surface area contributed by atoms with Gasteiger partial charge in [-0.25, -0.2) is 4.68 Å². The lowest BCUT2D eigenvalue weighted by atomic mass is 10.1. The number of anilines is 1. The second kappa shape index (κ2) is 6.24. The second-order valence-corrected chi connectivity index (χ2v) is 7.78. The van der Waals surface area contributed by atoms with Crippen molar-refractivity contribution in [3.63, 3.8) is 0 Å². The zero-order valence-corrected chi connectivity index (χ0v) is 15.2. The van der Waals surface area contributed by atoms with E-state index in [9.17, 15) is 13.2 Å². The summed E-state index contributed by atoms with van der Waals surface area (Å²) < 4.78 is 29.9. The van der Waals surface area contributed by atoms with Crippen LogP contribution in [-0.4, -0.2) is 55.1 Å². The Morgan fingerprint density at radius 1 is 1.00 bits per heavy atom. The zero-order valence-electron chi connectivity index (χ0n) is 14.4. The van der Waals surface area contributed by atoms with Crippen molar-refractivity contribution in [3.8, 4) is 0 Å². The Morgan fingerprint density at radius 2 is 1.69 bits per heavy atom. The van der Waals surface area contributed by atoms with Gasteiger partial charge in [0.25, 0.3) is 15.6 Å². The molecule has 1 aromatic heterocycles. The van der Waals surface area contributed by atoms with Gasteiger partial charge in [0.05, 0.1) is 0 Å². The Kier molecular flexibility index (Phi) is 4.03. The number of hydrogen-bond acceptors (Lipinski definition) is 6. The number of rotatable bonds is 2. The van der Waals surface area contributed by atoms with Crippen molar-refractivity contribution in [1.82, 2.24) is 14.7 Å². The smallest absolute Gasteiger partial charge is 0.285 e. The Hall–Kier alpha value is -2.68. The van der Waals surface area contributed by atoms with E-state index >= 15 is 0 Å². The molecule has 4 rings (SSSR count). The highest BCUT2D eigenvalue weighted by Crippen LogP contribution is 2.28. The number of sulfonamides is 1. The predicted molar refractivity (Wildman–Crippen MR) is 98.1 cm³/mol. The predicted octanol–water partition coefficient (Wildman–Crippen LogP) is 0.534. The van der Waals surface area contributed by atoms with E-state index in [-0.39, 0.29) is 10.5 Å². The molecule has 1 saturated heterocycles. The molecule has 0 N–H and O–H groups in total. The van der Waals surface area contributed by atoms with Crippen molar-refractivity contribution in [1.29, 1.82) is 0 Å². The fraction of sp³-hybridized carbons (Fsp3) is 0.353. The number of benzene rings is 1. The minimum atomic E-state index is -3.60. The van der Waals surface area contributed by atoms with Crippen LogP contribution in [0.4, 0.5) is 5.82 Å². The van der Waals surface area contributed by atoms with Crippen LogP contribution in [0.15, 0.2) is 50.5 Å². The Bertz CT molecular complexity index is 1040. The molecular formula is C17H19N5O3S. The molecule has 8 nitrogen and oxygen atoms in total. The number of nitrogens with zero attached hydrogens (tertiary/aromatic N) is 5. The monoisotopic (exact) mass is 373 g/mol. The quantitative estimate of drug-likeness (QED) is 0.763. The van der Waals surface area contributed by atoms with Gasteiger partial charge in [-0.1, -0.05) is 12.1 Å². The van der Waals surface area contributed by atoms with Crippen LogP contribution in [-0.2, 0) is 16.6 Å². The van der Waals surface area contributed by atoms with Crippen LogP contribution in [0.2, 0.25) is 0 Å². The van der Waals surface area contributed by atoms with Crippen molar-refractivity contribution in [2.45, 2.75) is 18.4 Å². The van der Waals surface area contributed by atoms with Gasteiger partial charge in [0, 0.05) is 44.4 Å². The number of piperazine rings is 1. The lowest BCUT2D eigenvalue weighted by Crippen LogP contribution is -2.49. The number of hydrogen-bond donors (Lipinski definition) is 0. The second-order valence-electron chi connectivity index (χ2n) is 6.21. The molecule has 0 bridgehead atoms. The zero-order chi connectivity index (χ0) is 18.3. The molecule has 9 heteroatoms. The topological polar surface area (TPSA) is 87.9 Å². The fourth-order valence-electron chi connectivity index (χ4n) is 3.30. The summed E-state index contributed by atoms with van der Waals surface area (Å²) in [5.74, 6) is 1.28. The molecule has 1 aromatic carbocycles. The number of aryl methyl sites for hydroxylation is 1. The van der Waals surface area contributed by atoms with Gasteiger partial charge in [-0.2, -0.15) is 13.5 Å². The molecule has 0 spiro atoms. The molecule has 0 unspecified atom stereocenters. The standard InChI is InChI=1S/C17H19N5O3S/c1-2-22-16(23)8-7-15(18-22)20-9-11-21(12-10-20)17-13-5-3-4-6-14(13)26(24,25)19-17/h3-8H,2,9-12H2,1H3. The molecule has 0 amide bonds. The van der Waals surface area contributed by atoms with Gasteiger partial charge in [-0.15, -0.1) is 4.40 Å². The third kappa shape index (κ3) is 2.78. The fourth-order valence-corrected chi connectivity index (χ4v) is 4.52. The van der Waals surface area contributed by atoms with E-state index in [1.165, 1.54) is 10.7 Å². The van der Waals surface area contributed by atoms with E-state index in [1.54, 1.807) is 24.3 Å². The van der Waals surface area contributed by atoms with E-state index in [2.05, 4.69) is 14.4 Å². The van der Waals surface area contributed by atoms with E-state index < -0.39 is 10.0 Å². The summed E-state index contributed by atoms with van der Waals surface area (Å²) in [6, 6.07) is 10.2. The summed E-state index contributed by atoms with van der Waals surface area (Å²) in [7, 11) is -3.60. The molecule has 0 atom stereocenters. The first kappa shape index (κ1) is 16.8. The third-order valence-electron chi connectivity index (χ3n) is 4.67. The molecule has 1 fully saturated rings. The van der Waals surface area contributed by atoms with Crippen LogP contribution in [0.1, 0.15) is 12.5 Å². The first-order valence-corrected chi connectivity index (χ1v) is 9.96. The molecule has 2 aromatic rings. The van der Waals surface area contributed by atoms with Crippen LogP contribution >= 0.6 is 0 Å². The number of fused-ring (bicyclic) bond motifs is 1. The third-order valence-corrected chi connectivity index (χ3v) is 5.99. The van der Waals surface area contributed by atoms with Gasteiger partial charge in [-0.05, 0) is 25.1 Å². The lowest BCUT2D eigenvalue weighted by molar-refractivity contribution is 0.384. The largest absolute Gasteiger partial charge is 0.352 e. The molecule has 136 valence electrons. The van der Waals surface area contributed by atoms with Gasteiger partial charge in [0.1, 0.15) is 10.7 Å². The first-order chi connectivity index (χ1) is 12.5. The van der Waals surface area contributed by atoms with Gasteiger partial charge in [-0.3, -0.25) is 4.79 Å². The van der Waals surface area contributed by atoms with Gasteiger partial charge in [0.15, 0.2) is 5.84 Å². The van der Waals surface area contributed by atoms with Gasteiger partial charge >= 0.3 is 0 Å². The van der Waals surface area contributed by atoms with Crippen molar-refractivity contribution < 1.29 is 8.42 Å². The maximum atomic E-state index is 12.2. The molecule has 0 radical (unpaired) electrons. The van der Waals surface area contributed by atoms with Crippen LogP contribution in [0.5, 0.6) is 0 Å². The molecule has 0 aliphatic carbocycles.